The number of carbonyl (C=O) groups excluding carboxylic acids is 5. The number of rotatable bonds is 10. The molecular formula is C30H39IN4O8. The molecule has 0 bridgehead atoms. The molecule has 13 heteroatoms. The number of methoxy groups -OCH3 is 1. The van der Waals surface area contributed by atoms with Crippen molar-refractivity contribution in [2.45, 2.75) is 65.3 Å². The summed E-state index contributed by atoms with van der Waals surface area (Å²) >= 11 is 1.94. The van der Waals surface area contributed by atoms with E-state index in [1.165, 1.54) is 30.2 Å². The van der Waals surface area contributed by atoms with Gasteiger partial charge in [0.25, 0.3) is 5.91 Å². The second-order valence-electron chi connectivity index (χ2n) is 11.5. The summed E-state index contributed by atoms with van der Waals surface area (Å²) < 4.78 is 15.8. The third-order valence-corrected chi connectivity index (χ3v) is 6.26. The smallest absolute Gasteiger partial charge is 0.408 e. The first-order valence-electron chi connectivity index (χ1n) is 13.4. The van der Waals surface area contributed by atoms with Gasteiger partial charge in [-0.3, -0.25) is 9.59 Å². The van der Waals surface area contributed by atoms with Crippen molar-refractivity contribution >= 4 is 58.2 Å². The van der Waals surface area contributed by atoms with E-state index >= 15 is 0 Å². The Morgan fingerprint density at radius 3 is 2.14 bits per heavy atom. The third kappa shape index (κ3) is 12.5. The molecule has 3 N–H and O–H groups in total. The lowest BCUT2D eigenvalue weighted by Crippen LogP contribution is -2.56. The molecule has 0 aromatic heterocycles. The molecular weight excluding hydrogens is 671 g/mol. The Morgan fingerprint density at radius 1 is 0.930 bits per heavy atom. The number of hydrogen-bond acceptors (Lipinski definition) is 8. The summed E-state index contributed by atoms with van der Waals surface area (Å²) in [5.41, 5.74) is -0.129. The zero-order chi connectivity index (χ0) is 32.4. The van der Waals surface area contributed by atoms with Crippen LogP contribution in [-0.4, -0.2) is 67.4 Å². The van der Waals surface area contributed by atoms with Gasteiger partial charge in [-0.25, -0.2) is 14.4 Å². The van der Waals surface area contributed by atoms with Gasteiger partial charge >= 0.3 is 18.2 Å². The summed E-state index contributed by atoms with van der Waals surface area (Å²) in [6.45, 7) is 9.59. The Bertz CT molecular complexity index is 1310. The van der Waals surface area contributed by atoms with Gasteiger partial charge in [-0.1, -0.05) is 30.3 Å². The first-order chi connectivity index (χ1) is 20.0. The van der Waals surface area contributed by atoms with Gasteiger partial charge < -0.3 is 35.1 Å². The summed E-state index contributed by atoms with van der Waals surface area (Å²) in [6.07, 6.45) is -1.72. The molecule has 2 aromatic rings. The van der Waals surface area contributed by atoms with Crippen LogP contribution in [0.25, 0.3) is 0 Å². The molecule has 0 radical (unpaired) electrons. The summed E-state index contributed by atoms with van der Waals surface area (Å²) in [5.74, 6) is -1.77. The maximum Gasteiger partial charge on any atom is 0.408 e. The molecule has 0 aliphatic carbocycles. The van der Waals surface area contributed by atoms with Crippen molar-refractivity contribution in [3.05, 3.63) is 63.2 Å². The molecule has 0 saturated carbocycles. The van der Waals surface area contributed by atoms with E-state index in [1.807, 2.05) is 28.7 Å². The molecule has 0 aliphatic heterocycles. The highest BCUT2D eigenvalue weighted by atomic mass is 127. The number of esters is 1. The number of carbonyl (C=O) groups is 5. The fourth-order valence-electron chi connectivity index (χ4n) is 3.65. The first kappa shape index (κ1) is 35.3. The van der Waals surface area contributed by atoms with Crippen LogP contribution in [0.2, 0.25) is 0 Å². The van der Waals surface area contributed by atoms with Crippen LogP contribution in [0.15, 0.2) is 48.5 Å². The van der Waals surface area contributed by atoms with Crippen LogP contribution < -0.4 is 20.9 Å². The van der Waals surface area contributed by atoms with Crippen molar-refractivity contribution in [1.82, 2.24) is 16.0 Å². The Balaban J connectivity index is 2.42. The predicted molar refractivity (Wildman–Crippen MR) is 169 cm³/mol. The van der Waals surface area contributed by atoms with Crippen molar-refractivity contribution < 1.29 is 38.2 Å². The zero-order valence-electron chi connectivity index (χ0n) is 25.4. The molecule has 0 saturated heterocycles. The maximum atomic E-state index is 14.1. The molecule has 0 unspecified atom stereocenters. The molecule has 4 amide bonds. The van der Waals surface area contributed by atoms with Crippen LogP contribution in [0.4, 0.5) is 15.3 Å². The first-order valence-corrected chi connectivity index (χ1v) is 14.5. The number of nitrogens with one attached hydrogen (secondary N) is 3. The highest BCUT2D eigenvalue weighted by Crippen LogP contribution is 2.25. The maximum absolute atomic E-state index is 14.1. The number of anilines is 1. The third-order valence-electron chi connectivity index (χ3n) is 5.39. The van der Waals surface area contributed by atoms with E-state index in [9.17, 15) is 24.0 Å². The van der Waals surface area contributed by atoms with Gasteiger partial charge in [0.05, 0.1) is 24.9 Å². The van der Waals surface area contributed by atoms with Crippen LogP contribution in [0, 0.1) is 3.57 Å². The van der Waals surface area contributed by atoms with E-state index in [-0.39, 0.29) is 18.7 Å². The summed E-state index contributed by atoms with van der Waals surface area (Å²) in [4.78, 5) is 65.6. The highest BCUT2D eigenvalue weighted by molar-refractivity contribution is 14.1. The van der Waals surface area contributed by atoms with E-state index < -0.39 is 53.7 Å². The Kier molecular flexibility index (Phi) is 12.8. The molecule has 0 spiro atoms. The number of ether oxygens (including phenoxy) is 3. The second-order valence-corrected chi connectivity index (χ2v) is 12.7. The van der Waals surface area contributed by atoms with Gasteiger partial charge in [0.2, 0.25) is 5.91 Å². The van der Waals surface area contributed by atoms with E-state index in [0.29, 0.717) is 9.26 Å². The molecule has 234 valence electrons. The molecule has 2 aromatic carbocycles. The number of halogens is 1. The van der Waals surface area contributed by atoms with Gasteiger partial charge in [0.1, 0.15) is 24.8 Å². The molecule has 0 aliphatic rings. The summed E-state index contributed by atoms with van der Waals surface area (Å²) in [6, 6.07) is 12.1. The molecule has 0 heterocycles. The monoisotopic (exact) mass is 710 g/mol. The van der Waals surface area contributed by atoms with E-state index in [2.05, 4.69) is 16.0 Å². The van der Waals surface area contributed by atoms with Gasteiger partial charge in [-0.15, -0.1) is 0 Å². The van der Waals surface area contributed by atoms with E-state index in [4.69, 9.17) is 14.2 Å². The van der Waals surface area contributed by atoms with Crippen molar-refractivity contribution in [3.8, 4) is 0 Å². The van der Waals surface area contributed by atoms with Gasteiger partial charge in [-0.05, 0) is 87.9 Å². The van der Waals surface area contributed by atoms with Gasteiger partial charge in [0, 0.05) is 9.11 Å². The highest BCUT2D eigenvalue weighted by Gasteiger charge is 2.32. The number of alkyl carbamates (subject to hydrolysis) is 2. The van der Waals surface area contributed by atoms with Crippen molar-refractivity contribution in [1.29, 1.82) is 0 Å². The van der Waals surface area contributed by atoms with Crippen LogP contribution in [0.1, 0.15) is 57.5 Å². The average molecular weight is 711 g/mol. The topological polar surface area (TPSA) is 152 Å². The average Bonchev–Trinajstić information content (AvgIpc) is 2.90. The van der Waals surface area contributed by atoms with Crippen molar-refractivity contribution in [2.24, 2.45) is 0 Å². The number of amides is 4. The van der Waals surface area contributed by atoms with Crippen LogP contribution in [0.5, 0.6) is 0 Å². The lowest BCUT2D eigenvalue weighted by Gasteiger charge is -2.30. The Labute approximate surface area is 265 Å². The van der Waals surface area contributed by atoms with Crippen LogP contribution in [0.3, 0.4) is 0 Å². The Hall–Kier alpha value is -3.88. The quantitative estimate of drug-likeness (QED) is 0.189. The van der Waals surface area contributed by atoms with Crippen LogP contribution in [-0.2, 0) is 30.4 Å². The van der Waals surface area contributed by atoms with Crippen LogP contribution >= 0.6 is 22.6 Å². The lowest BCUT2D eigenvalue weighted by molar-refractivity contribution is -0.125. The predicted octanol–water partition coefficient (Wildman–Crippen LogP) is 4.15. The standard InChI is InChI=1S/C30H39IN4O8/c1-29(2,3)34-24(36)17-35(23-14-13-20(15-21(23)31)26(38)41-7)25(37)22(16-32-27(39)43-30(4,5)6)33-28(40)42-18-19-11-9-8-10-12-19/h8-15,22H,16-18H2,1-7H3,(H,32,39)(H,33,40)(H,34,36)/t22-/m0/s1. The zero-order valence-corrected chi connectivity index (χ0v) is 27.6. The fraction of sp³-hybridized carbons (Fsp3) is 0.433. The summed E-state index contributed by atoms with van der Waals surface area (Å²) in [7, 11) is 1.25. The Morgan fingerprint density at radius 2 is 1.58 bits per heavy atom. The molecule has 0 fully saturated rings. The van der Waals surface area contributed by atoms with Crippen molar-refractivity contribution in [2.75, 3.05) is 25.1 Å². The minimum atomic E-state index is -1.37. The van der Waals surface area contributed by atoms with E-state index in [0.717, 1.165) is 5.56 Å². The van der Waals surface area contributed by atoms with Gasteiger partial charge in [0.15, 0.2) is 0 Å². The minimum absolute atomic E-state index is 0.0579. The molecule has 43 heavy (non-hydrogen) atoms. The lowest BCUT2D eigenvalue weighted by atomic mass is 10.1. The van der Waals surface area contributed by atoms with Gasteiger partial charge in [-0.2, -0.15) is 0 Å². The van der Waals surface area contributed by atoms with Crippen molar-refractivity contribution in [3.63, 3.8) is 0 Å². The largest absolute Gasteiger partial charge is 0.465 e. The van der Waals surface area contributed by atoms with E-state index in [1.54, 1.807) is 65.8 Å². The second kappa shape index (κ2) is 15.5. The summed E-state index contributed by atoms with van der Waals surface area (Å²) in [5, 5.41) is 7.82. The SMILES string of the molecule is COC(=O)c1ccc(N(CC(=O)NC(C)(C)C)C(=O)[C@H](CNC(=O)OC(C)(C)C)NC(=O)OCc2ccccc2)c(I)c1. The minimum Gasteiger partial charge on any atom is -0.465 e. The number of benzene rings is 2. The number of nitrogens with zero attached hydrogens (tertiary/aromatic N) is 1. The molecule has 2 rings (SSSR count). The molecule has 1 atom stereocenters. The molecule has 12 nitrogen and oxygen atoms in total. The normalized spacial score (nSPS) is 11.9. The number of hydrogen-bond donors (Lipinski definition) is 3. The fourth-order valence-corrected chi connectivity index (χ4v) is 4.46.